The van der Waals surface area contributed by atoms with Crippen LogP contribution in [-0.2, 0) is 19.8 Å². The van der Waals surface area contributed by atoms with Gasteiger partial charge in [0, 0.05) is 47.4 Å². The van der Waals surface area contributed by atoms with Crippen molar-refractivity contribution in [2.45, 2.75) is 46.1 Å². The predicted molar refractivity (Wildman–Crippen MR) is 174 cm³/mol. The SMILES string of the molecule is CC(C)Nc1cc(Oc2ccc(NC(=O)N(OS(C)(=O)=O)c3cc(C(C)(C)C)nn3-c3ccc4ncccc4c3)c(F)c2)ccn1. The number of nitrogens with zero attached hydrogens (tertiary/aromatic N) is 5. The van der Waals surface area contributed by atoms with Crippen LogP contribution in [0.5, 0.6) is 11.5 Å². The van der Waals surface area contributed by atoms with Crippen LogP contribution in [0.1, 0.15) is 40.3 Å². The maximum atomic E-state index is 15.3. The van der Waals surface area contributed by atoms with Crippen LogP contribution in [0.4, 0.5) is 26.5 Å². The van der Waals surface area contributed by atoms with Crippen molar-refractivity contribution in [3.8, 4) is 17.2 Å². The molecule has 0 radical (unpaired) electrons. The van der Waals surface area contributed by atoms with Crippen molar-refractivity contribution < 1.29 is 26.6 Å². The summed E-state index contributed by atoms with van der Waals surface area (Å²) >= 11 is 0. The Labute approximate surface area is 266 Å². The monoisotopic (exact) mass is 647 g/mol. The molecule has 5 aromatic rings. The zero-order valence-electron chi connectivity index (χ0n) is 26.1. The van der Waals surface area contributed by atoms with Gasteiger partial charge in [-0.2, -0.15) is 13.5 Å². The summed E-state index contributed by atoms with van der Waals surface area (Å²) in [6.07, 6.45) is 4.03. The van der Waals surface area contributed by atoms with E-state index in [1.807, 2.05) is 40.7 Å². The lowest BCUT2D eigenvalue weighted by molar-refractivity contribution is 0.225. The first-order chi connectivity index (χ1) is 21.7. The highest BCUT2D eigenvalue weighted by Crippen LogP contribution is 2.32. The predicted octanol–water partition coefficient (Wildman–Crippen LogP) is 6.79. The minimum absolute atomic E-state index is 0.0278. The first-order valence-corrected chi connectivity index (χ1v) is 16.1. The second-order valence-electron chi connectivity index (χ2n) is 11.9. The number of rotatable bonds is 9. The number of pyridine rings is 2. The smallest absolute Gasteiger partial charge is 0.353 e. The Hall–Kier alpha value is -5.08. The fourth-order valence-electron chi connectivity index (χ4n) is 4.39. The summed E-state index contributed by atoms with van der Waals surface area (Å²) in [6.45, 7) is 9.70. The summed E-state index contributed by atoms with van der Waals surface area (Å²) in [6, 6.07) is 16.7. The number of hydrogen-bond acceptors (Lipinski definition) is 9. The quantitative estimate of drug-likeness (QED) is 0.165. The molecule has 3 aromatic heterocycles. The number of aromatic nitrogens is 4. The number of hydrogen-bond donors (Lipinski definition) is 2. The molecule has 12 nitrogen and oxygen atoms in total. The molecule has 0 bridgehead atoms. The van der Waals surface area contributed by atoms with Gasteiger partial charge in [-0.05, 0) is 56.3 Å². The summed E-state index contributed by atoms with van der Waals surface area (Å²) in [4.78, 5) is 22.2. The molecular weight excluding hydrogens is 613 g/mol. The maximum Gasteiger partial charge on any atom is 0.353 e. The number of benzene rings is 2. The molecule has 0 unspecified atom stereocenters. The molecule has 2 aromatic carbocycles. The lowest BCUT2D eigenvalue weighted by Crippen LogP contribution is -2.38. The number of amides is 2. The van der Waals surface area contributed by atoms with E-state index < -0.39 is 27.4 Å². The maximum absolute atomic E-state index is 15.3. The Bertz CT molecular complexity index is 2010. The average molecular weight is 648 g/mol. The molecule has 3 heterocycles. The lowest BCUT2D eigenvalue weighted by Gasteiger charge is -2.21. The van der Waals surface area contributed by atoms with Crippen LogP contribution in [0.2, 0.25) is 0 Å². The highest BCUT2D eigenvalue weighted by Gasteiger charge is 2.30. The fourth-order valence-corrected chi connectivity index (χ4v) is 4.81. The number of carbonyl (C=O) groups is 1. The van der Waals surface area contributed by atoms with E-state index in [1.165, 1.54) is 16.8 Å². The van der Waals surface area contributed by atoms with Gasteiger partial charge in [-0.25, -0.2) is 18.9 Å². The minimum Gasteiger partial charge on any atom is -0.457 e. The standard InChI is InChI=1S/C32H34FN7O5S/c1-20(2)36-29-18-24(13-15-35-29)44-23-10-12-27(25(33)17-23)37-31(41)40(45-46(6,42)43)30-19-28(32(3,4)5)38-39(30)22-9-11-26-21(16-22)8-7-14-34-26/h7-20H,1-6H3,(H,35,36)(H,37,41). The highest BCUT2D eigenvalue weighted by atomic mass is 32.2. The van der Waals surface area contributed by atoms with E-state index in [0.717, 1.165) is 23.2 Å². The second kappa shape index (κ2) is 12.7. The Balaban J connectivity index is 1.47. The lowest BCUT2D eigenvalue weighted by atomic mass is 9.92. The van der Waals surface area contributed by atoms with E-state index in [1.54, 1.807) is 54.9 Å². The molecule has 0 atom stereocenters. The topological polar surface area (TPSA) is 141 Å². The zero-order valence-corrected chi connectivity index (χ0v) is 27.0. The fraction of sp³-hybridized carbons (Fsp3) is 0.250. The molecule has 240 valence electrons. The van der Waals surface area contributed by atoms with Crippen molar-refractivity contribution in [3.63, 3.8) is 0 Å². The van der Waals surface area contributed by atoms with Gasteiger partial charge < -0.3 is 15.4 Å². The van der Waals surface area contributed by atoms with Crippen molar-refractivity contribution in [1.29, 1.82) is 0 Å². The third kappa shape index (κ3) is 7.76. The van der Waals surface area contributed by atoms with Gasteiger partial charge in [-0.3, -0.25) is 4.98 Å². The summed E-state index contributed by atoms with van der Waals surface area (Å²) < 4.78 is 52.4. The minimum atomic E-state index is -4.24. The van der Waals surface area contributed by atoms with Crippen LogP contribution in [0.3, 0.4) is 0 Å². The van der Waals surface area contributed by atoms with E-state index in [9.17, 15) is 13.2 Å². The van der Waals surface area contributed by atoms with Gasteiger partial charge in [0.05, 0.1) is 28.8 Å². The molecule has 0 saturated heterocycles. The van der Waals surface area contributed by atoms with Crippen LogP contribution in [0.25, 0.3) is 16.6 Å². The zero-order chi connectivity index (χ0) is 33.2. The van der Waals surface area contributed by atoms with Gasteiger partial charge in [0.15, 0.2) is 5.82 Å². The van der Waals surface area contributed by atoms with Crippen molar-refractivity contribution >= 4 is 44.4 Å². The third-order valence-electron chi connectivity index (χ3n) is 6.48. The van der Waals surface area contributed by atoms with Gasteiger partial charge in [-0.1, -0.05) is 26.8 Å². The van der Waals surface area contributed by atoms with Crippen LogP contribution < -0.4 is 20.4 Å². The van der Waals surface area contributed by atoms with Gasteiger partial charge in [0.2, 0.25) is 0 Å². The number of fused-ring (bicyclic) bond motifs is 1. The van der Waals surface area contributed by atoms with Crippen molar-refractivity contribution in [3.05, 3.63) is 90.6 Å². The molecule has 0 fully saturated rings. The molecule has 0 aliphatic carbocycles. The largest absolute Gasteiger partial charge is 0.457 e. The van der Waals surface area contributed by atoms with Gasteiger partial charge in [0.1, 0.15) is 23.1 Å². The first kappa shape index (κ1) is 32.3. The van der Waals surface area contributed by atoms with E-state index in [0.29, 0.717) is 28.0 Å². The van der Waals surface area contributed by atoms with Crippen LogP contribution >= 0.6 is 0 Å². The summed E-state index contributed by atoms with van der Waals surface area (Å²) in [7, 11) is -4.24. The van der Waals surface area contributed by atoms with Gasteiger partial charge in [-0.15, -0.1) is 9.35 Å². The summed E-state index contributed by atoms with van der Waals surface area (Å²) in [5.41, 5.74) is 1.05. The van der Waals surface area contributed by atoms with E-state index in [4.69, 9.17) is 9.02 Å². The van der Waals surface area contributed by atoms with Crippen LogP contribution in [-0.4, -0.2) is 46.5 Å². The molecule has 2 N–H and O–H groups in total. The van der Waals surface area contributed by atoms with Crippen molar-refractivity contribution in [2.24, 2.45) is 0 Å². The van der Waals surface area contributed by atoms with Crippen molar-refractivity contribution in [2.75, 3.05) is 22.0 Å². The molecule has 14 heteroatoms. The Morgan fingerprint density at radius 1 is 0.978 bits per heavy atom. The van der Waals surface area contributed by atoms with E-state index in [2.05, 4.69) is 25.7 Å². The molecular formula is C32H34FN7O5S. The molecule has 0 saturated carbocycles. The van der Waals surface area contributed by atoms with E-state index >= 15 is 4.39 Å². The second-order valence-corrected chi connectivity index (χ2v) is 13.4. The molecule has 0 aliphatic heterocycles. The number of carbonyl (C=O) groups excluding carboxylic acids is 1. The number of hydroxylamine groups is 1. The molecule has 46 heavy (non-hydrogen) atoms. The third-order valence-corrected chi connectivity index (χ3v) is 6.90. The Kier molecular flexibility index (Phi) is 8.94. The number of ether oxygens (including phenoxy) is 1. The summed E-state index contributed by atoms with van der Waals surface area (Å²) in [5, 5.41) is 11.6. The van der Waals surface area contributed by atoms with E-state index in [-0.39, 0.29) is 23.3 Å². The molecule has 2 amide bonds. The molecule has 0 aliphatic rings. The molecule has 0 spiro atoms. The normalized spacial score (nSPS) is 11.9. The highest BCUT2D eigenvalue weighted by molar-refractivity contribution is 7.86. The Morgan fingerprint density at radius 2 is 1.74 bits per heavy atom. The molecule has 5 rings (SSSR count). The van der Waals surface area contributed by atoms with Gasteiger partial charge in [0.25, 0.3) is 10.1 Å². The number of nitrogens with one attached hydrogen (secondary N) is 2. The number of urea groups is 1. The van der Waals surface area contributed by atoms with Crippen molar-refractivity contribution in [1.82, 2.24) is 19.7 Å². The van der Waals surface area contributed by atoms with Gasteiger partial charge >= 0.3 is 6.03 Å². The van der Waals surface area contributed by atoms with Crippen LogP contribution in [0.15, 0.2) is 79.1 Å². The van der Waals surface area contributed by atoms with Crippen LogP contribution in [0, 0.1) is 5.82 Å². The summed E-state index contributed by atoms with van der Waals surface area (Å²) in [5.74, 6) is 0.331. The average Bonchev–Trinajstić information content (AvgIpc) is 3.43. The number of anilines is 3. The first-order valence-electron chi connectivity index (χ1n) is 14.3. The number of halogens is 1. The Morgan fingerprint density at radius 3 is 2.43 bits per heavy atom.